The molecule has 4 aromatic carbocycles. The molecule has 0 aliphatic carbocycles. The van der Waals surface area contributed by atoms with Gasteiger partial charge in [0.25, 0.3) is 0 Å². The Balaban J connectivity index is 0.964. The lowest BCUT2D eigenvalue weighted by Gasteiger charge is -2.37. The van der Waals surface area contributed by atoms with E-state index in [0.717, 1.165) is 72.6 Å². The Bertz CT molecular complexity index is 2490. The zero-order valence-corrected chi connectivity index (χ0v) is 33.8. The van der Waals surface area contributed by atoms with Crippen molar-refractivity contribution in [1.82, 2.24) is 19.3 Å². The summed E-state index contributed by atoms with van der Waals surface area (Å²) in [6.07, 6.45) is 2.21. The average molecular weight is 833 g/mol. The number of nitrogens with one attached hydrogen (secondary N) is 1. The highest BCUT2D eigenvalue weighted by molar-refractivity contribution is 5.80. The third-order valence-electron chi connectivity index (χ3n) is 11.2. The van der Waals surface area contributed by atoms with Gasteiger partial charge in [-0.1, -0.05) is 78.9 Å². The number of aliphatic hydroxyl groups is 1. The molecule has 13 nitrogen and oxygen atoms in total. The van der Waals surface area contributed by atoms with Gasteiger partial charge in [0, 0.05) is 61.3 Å². The van der Waals surface area contributed by atoms with Crippen LogP contribution in [0.4, 0.5) is 24.5 Å². The van der Waals surface area contributed by atoms with E-state index in [4.69, 9.17) is 16.0 Å². The quantitative estimate of drug-likeness (QED) is 0.0311. The number of hydrogen-bond donors (Lipinski definition) is 3. The first kappa shape index (κ1) is 42.5. The molecule has 1 fully saturated rings. The van der Waals surface area contributed by atoms with Crippen LogP contribution in [0.15, 0.2) is 143 Å². The number of aromatic nitrogens is 4. The van der Waals surface area contributed by atoms with E-state index in [1.807, 2.05) is 92.7 Å². The zero-order valence-electron chi connectivity index (χ0n) is 33.8. The summed E-state index contributed by atoms with van der Waals surface area (Å²) in [4.78, 5) is 22.1. The zero-order chi connectivity index (χ0) is 43.1. The second-order valence-electron chi connectivity index (χ2n) is 14.9. The maximum Gasteiger partial charge on any atom is 0.350 e. The smallest absolute Gasteiger partial charge is 0.350 e. The van der Waals surface area contributed by atoms with Crippen LogP contribution in [0.25, 0.3) is 16.8 Å². The molecule has 3 atom stereocenters. The molecule has 1 unspecified atom stereocenters. The van der Waals surface area contributed by atoms with Crippen molar-refractivity contribution in [3.05, 3.63) is 161 Å². The van der Waals surface area contributed by atoms with Gasteiger partial charge in [-0.3, -0.25) is 10.4 Å². The molecule has 0 saturated carbocycles. The summed E-state index contributed by atoms with van der Waals surface area (Å²) in [5.74, 6) is -0.998. The maximum atomic E-state index is 16.1. The van der Waals surface area contributed by atoms with Crippen molar-refractivity contribution in [2.24, 2.45) is 16.2 Å². The molecule has 1 saturated heterocycles. The topological polar surface area (TPSA) is 163 Å². The molecular weight excluding hydrogens is 786 g/mol. The van der Waals surface area contributed by atoms with Gasteiger partial charge in [-0.25, -0.2) is 18.4 Å². The third kappa shape index (κ3) is 8.95. The van der Waals surface area contributed by atoms with E-state index in [1.165, 1.54) is 29.1 Å². The van der Waals surface area contributed by atoms with Crippen LogP contribution < -0.4 is 21.3 Å². The van der Waals surface area contributed by atoms with Gasteiger partial charge in [0.05, 0.1) is 24.4 Å². The molecule has 16 heteroatoms. The summed E-state index contributed by atoms with van der Waals surface area (Å²) in [6, 6.07) is 32.4. The fourth-order valence-corrected chi connectivity index (χ4v) is 7.73. The number of nitrogens with zero attached hydrogens (tertiary/aromatic N) is 8. The minimum Gasteiger partial charge on any atom is -0.378 e. The lowest BCUT2D eigenvalue weighted by molar-refractivity contribution is -0.195. The number of halogens is 3. The van der Waals surface area contributed by atoms with Crippen LogP contribution in [0.2, 0.25) is 0 Å². The fraction of sp³-hybridized carbons (Fsp3) is 0.289. The predicted molar refractivity (Wildman–Crippen MR) is 228 cm³/mol. The van der Waals surface area contributed by atoms with Crippen molar-refractivity contribution >= 4 is 17.2 Å². The Kier molecular flexibility index (Phi) is 12.8. The SMILES string of the molecule is CC[C@@H]([C@H](C)OCc1ccccc1)n1ncn(-c2ccc(N3CCN(c4ccc(-c5ccc(C(F)(F)C(O)(CC(=N)N=NN)c6ccccc6F)nc5)cc4)CC3)cc2)c1=O. The van der Waals surface area contributed by atoms with Crippen LogP contribution in [-0.2, 0) is 22.9 Å². The molecule has 0 bridgehead atoms. The van der Waals surface area contributed by atoms with Crippen LogP contribution in [0.3, 0.4) is 0 Å². The summed E-state index contributed by atoms with van der Waals surface area (Å²) in [5, 5.41) is 29.9. The normalized spacial score (nSPS) is 15.4. The number of hydrogen-bond acceptors (Lipinski definition) is 9. The number of anilines is 2. The van der Waals surface area contributed by atoms with Gasteiger partial charge in [-0.15, -0.1) is 5.11 Å². The van der Waals surface area contributed by atoms with E-state index in [-0.39, 0.29) is 17.8 Å². The van der Waals surface area contributed by atoms with Crippen molar-refractivity contribution in [2.75, 3.05) is 36.0 Å². The highest BCUT2D eigenvalue weighted by Gasteiger charge is 2.57. The first-order valence-electron chi connectivity index (χ1n) is 20.0. The van der Waals surface area contributed by atoms with E-state index < -0.39 is 40.9 Å². The first-order valence-corrected chi connectivity index (χ1v) is 20.0. The van der Waals surface area contributed by atoms with Crippen molar-refractivity contribution < 1.29 is 23.0 Å². The molecule has 0 spiro atoms. The van der Waals surface area contributed by atoms with E-state index >= 15 is 8.78 Å². The van der Waals surface area contributed by atoms with E-state index in [2.05, 4.69) is 30.2 Å². The fourth-order valence-electron chi connectivity index (χ4n) is 7.73. The van der Waals surface area contributed by atoms with Gasteiger partial charge in [-0.05, 0) is 73.0 Å². The highest BCUT2D eigenvalue weighted by Crippen LogP contribution is 2.48. The molecule has 61 heavy (non-hydrogen) atoms. The molecule has 7 rings (SSSR count). The molecule has 1 aliphatic rings. The molecular formula is C45H47F3N10O3. The highest BCUT2D eigenvalue weighted by atomic mass is 19.3. The second kappa shape index (κ2) is 18.3. The van der Waals surface area contributed by atoms with Crippen LogP contribution in [0, 0.1) is 11.2 Å². The predicted octanol–water partition coefficient (Wildman–Crippen LogP) is 7.79. The third-order valence-corrected chi connectivity index (χ3v) is 11.2. The van der Waals surface area contributed by atoms with Crippen LogP contribution >= 0.6 is 0 Å². The van der Waals surface area contributed by atoms with Crippen LogP contribution in [0.1, 0.15) is 49.6 Å². The molecule has 0 radical (unpaired) electrons. The first-order chi connectivity index (χ1) is 29.4. The Hall–Kier alpha value is -6.65. The standard InChI is InChI=1S/C45H47F3N10O3/c1-3-40(31(2)61-29-32-9-5-4-6-10-32)58-43(59)57(30-52-58)37-20-18-36(19-21-37)56-25-23-55(24-26-56)35-16-13-33(14-17-35)34-15-22-41(51-28-34)45(47,48)44(60,27-42(49)53-54-50)38-11-7-8-12-39(38)46/h4-22,28,30-31,40,60H,3,23-27,29H2,1-2H3,(H3,49,50,53)/t31-,40-,44?/m0/s1. The van der Waals surface area contributed by atoms with Crippen molar-refractivity contribution in [2.45, 2.75) is 57.0 Å². The van der Waals surface area contributed by atoms with Crippen molar-refractivity contribution in [3.63, 3.8) is 0 Å². The van der Waals surface area contributed by atoms with Crippen molar-refractivity contribution in [1.29, 1.82) is 5.41 Å². The van der Waals surface area contributed by atoms with E-state index in [0.29, 0.717) is 18.6 Å². The van der Waals surface area contributed by atoms with Gasteiger partial charge in [0.1, 0.15) is 23.7 Å². The molecule has 6 aromatic rings. The van der Waals surface area contributed by atoms with Crippen LogP contribution in [0.5, 0.6) is 0 Å². The number of nitrogens with two attached hydrogens (primary N) is 1. The molecule has 316 valence electrons. The lowest BCUT2D eigenvalue weighted by atomic mass is 9.81. The number of pyridine rings is 1. The molecule has 4 N–H and O–H groups in total. The summed E-state index contributed by atoms with van der Waals surface area (Å²) >= 11 is 0. The number of alkyl halides is 2. The minimum atomic E-state index is -4.14. The average Bonchev–Trinajstić information content (AvgIpc) is 3.66. The Labute approximate surface area is 351 Å². The maximum absolute atomic E-state index is 16.1. The summed E-state index contributed by atoms with van der Waals surface area (Å²) in [5.41, 5.74) is 0.167. The second-order valence-corrected chi connectivity index (χ2v) is 14.9. The number of rotatable bonds is 15. The van der Waals surface area contributed by atoms with Crippen molar-refractivity contribution in [3.8, 4) is 16.8 Å². The summed E-state index contributed by atoms with van der Waals surface area (Å²) in [6.45, 7) is 7.50. The molecule has 0 amide bonds. The van der Waals surface area contributed by atoms with Gasteiger partial charge in [0.15, 0.2) is 5.60 Å². The molecule has 3 heterocycles. The Morgan fingerprint density at radius 3 is 2.05 bits per heavy atom. The lowest BCUT2D eigenvalue weighted by Crippen LogP contribution is -2.46. The monoisotopic (exact) mass is 832 g/mol. The largest absolute Gasteiger partial charge is 0.378 e. The minimum absolute atomic E-state index is 0.220. The number of benzene rings is 4. The number of amidine groups is 1. The number of ether oxygens (including phenoxy) is 1. The molecule has 2 aromatic heterocycles. The Morgan fingerprint density at radius 2 is 1.46 bits per heavy atom. The summed E-state index contributed by atoms with van der Waals surface area (Å²) in [7, 11) is 0. The van der Waals surface area contributed by atoms with Gasteiger partial charge in [0.2, 0.25) is 0 Å². The molecule has 1 aliphatic heterocycles. The summed E-state index contributed by atoms with van der Waals surface area (Å²) < 4.78 is 56.2. The number of piperazine rings is 1. The van der Waals surface area contributed by atoms with E-state index in [1.54, 1.807) is 10.9 Å². The van der Waals surface area contributed by atoms with Gasteiger partial charge in [-0.2, -0.15) is 13.9 Å². The van der Waals surface area contributed by atoms with Gasteiger partial charge < -0.3 is 25.5 Å². The Morgan fingerprint density at radius 1 is 0.869 bits per heavy atom. The van der Waals surface area contributed by atoms with Crippen LogP contribution in [-0.4, -0.2) is 62.6 Å². The van der Waals surface area contributed by atoms with Gasteiger partial charge >= 0.3 is 11.6 Å². The van der Waals surface area contributed by atoms with E-state index in [9.17, 15) is 14.3 Å².